The number of benzene rings is 2. The van der Waals surface area contributed by atoms with E-state index in [0.29, 0.717) is 51.1 Å². The number of halogens is 2. The zero-order chi connectivity index (χ0) is 32.5. The number of aliphatic hydroxyl groups is 2. The fourth-order valence-corrected chi connectivity index (χ4v) is 5.54. The number of aliphatic hydroxyl groups excluding tert-OH is 2. The smallest absolute Gasteiger partial charge is 0.222 e. The molecular formula is C32H38Cl2N8O4. The van der Waals surface area contributed by atoms with Crippen LogP contribution >= 0.6 is 23.2 Å². The number of ether oxygens (including phenoxy) is 2. The minimum absolute atomic E-state index is 0.139. The maximum absolute atomic E-state index is 9.80. The minimum atomic E-state index is -0.277. The SMILES string of the molecule is Nc1ncc(Oc2ccc(Cl)cc2)c(NC2CCC(O)CC2)n1.Nc1ncc(Oc2ccc(Cl)cc2)c(N[C@H]2CCC[C@@H](O)C2)n1. The van der Waals surface area contributed by atoms with Crippen LogP contribution in [0.2, 0.25) is 10.0 Å². The van der Waals surface area contributed by atoms with Crippen molar-refractivity contribution in [3.8, 4) is 23.0 Å². The second-order valence-electron chi connectivity index (χ2n) is 11.3. The highest BCUT2D eigenvalue weighted by Crippen LogP contribution is 2.32. The van der Waals surface area contributed by atoms with E-state index in [-0.39, 0.29) is 36.2 Å². The van der Waals surface area contributed by atoms with Crippen LogP contribution in [0, 0.1) is 0 Å². The number of nitrogens with zero attached hydrogens (tertiary/aromatic N) is 4. The highest BCUT2D eigenvalue weighted by atomic mass is 35.5. The average molecular weight is 670 g/mol. The Labute approximate surface area is 277 Å². The molecule has 4 aromatic rings. The van der Waals surface area contributed by atoms with Crippen LogP contribution in [0.4, 0.5) is 23.5 Å². The molecule has 2 saturated carbocycles. The van der Waals surface area contributed by atoms with Gasteiger partial charge in [-0.15, -0.1) is 0 Å². The van der Waals surface area contributed by atoms with Gasteiger partial charge in [0, 0.05) is 22.1 Å². The van der Waals surface area contributed by atoms with Crippen molar-refractivity contribution in [3.63, 3.8) is 0 Å². The molecule has 0 saturated heterocycles. The van der Waals surface area contributed by atoms with Crippen LogP contribution in [0.5, 0.6) is 23.0 Å². The van der Waals surface area contributed by atoms with E-state index in [1.165, 1.54) is 0 Å². The van der Waals surface area contributed by atoms with Crippen molar-refractivity contribution in [1.29, 1.82) is 0 Å². The molecule has 2 atom stereocenters. The molecule has 8 N–H and O–H groups in total. The van der Waals surface area contributed by atoms with Gasteiger partial charge in [-0.05, 0) is 99.9 Å². The second kappa shape index (κ2) is 15.9. The van der Waals surface area contributed by atoms with Crippen molar-refractivity contribution < 1.29 is 19.7 Å². The van der Waals surface area contributed by atoms with Crippen LogP contribution in [0.25, 0.3) is 0 Å². The Bertz CT molecular complexity index is 1560. The summed E-state index contributed by atoms with van der Waals surface area (Å²) in [6.45, 7) is 0. The number of rotatable bonds is 8. The van der Waals surface area contributed by atoms with Gasteiger partial charge in [0.05, 0.1) is 24.6 Å². The van der Waals surface area contributed by atoms with Gasteiger partial charge in [0.2, 0.25) is 11.9 Å². The van der Waals surface area contributed by atoms with Crippen molar-refractivity contribution in [2.45, 2.75) is 75.7 Å². The van der Waals surface area contributed by atoms with Crippen molar-refractivity contribution in [3.05, 3.63) is 71.0 Å². The van der Waals surface area contributed by atoms with Crippen molar-refractivity contribution in [2.75, 3.05) is 22.1 Å². The molecule has 6 rings (SSSR count). The third-order valence-corrected chi connectivity index (χ3v) is 8.16. The van der Waals surface area contributed by atoms with E-state index < -0.39 is 0 Å². The zero-order valence-electron chi connectivity index (χ0n) is 25.2. The number of nitrogen functional groups attached to an aromatic ring is 2. The van der Waals surface area contributed by atoms with Gasteiger partial charge in [-0.3, -0.25) is 0 Å². The number of hydrogen-bond acceptors (Lipinski definition) is 12. The lowest BCUT2D eigenvalue weighted by molar-refractivity contribution is 0.124. The summed E-state index contributed by atoms with van der Waals surface area (Å²) < 4.78 is 11.7. The van der Waals surface area contributed by atoms with Gasteiger partial charge in [0.1, 0.15) is 11.5 Å². The third kappa shape index (κ3) is 9.95. The standard InChI is InChI=1S/2C16H19ClN4O2/c17-10-1-7-13(8-2-10)23-14-9-19-16(18)21-15(14)20-11-3-5-12(22)6-4-11;17-10-4-6-13(7-5-10)23-14-9-19-16(18)21-15(14)20-11-2-1-3-12(22)8-11/h1-2,7-9,11-12,22H,3-6H2,(H3,18,19,20,21);4-7,9,11-12,22H,1-3,8H2,(H3,18,19,20,21)/t;11-,12+/m.0/s1. The molecule has 12 nitrogen and oxygen atoms in total. The Morgan fingerprint density at radius 2 is 1.11 bits per heavy atom. The summed E-state index contributed by atoms with van der Waals surface area (Å²) in [6, 6.07) is 14.5. The summed E-state index contributed by atoms with van der Waals surface area (Å²) in [5, 5.41) is 27.3. The molecule has 0 bridgehead atoms. The third-order valence-electron chi connectivity index (χ3n) is 7.66. The van der Waals surface area contributed by atoms with E-state index in [1.54, 1.807) is 60.9 Å². The number of nitrogens with one attached hydrogen (secondary N) is 2. The van der Waals surface area contributed by atoms with Gasteiger partial charge in [-0.25, -0.2) is 9.97 Å². The Morgan fingerprint density at radius 1 is 0.630 bits per heavy atom. The summed E-state index contributed by atoms with van der Waals surface area (Å²) >= 11 is 11.8. The maximum Gasteiger partial charge on any atom is 0.222 e. The van der Waals surface area contributed by atoms with Gasteiger partial charge in [0.25, 0.3) is 0 Å². The van der Waals surface area contributed by atoms with Gasteiger partial charge >= 0.3 is 0 Å². The number of nitrogens with two attached hydrogens (primary N) is 2. The van der Waals surface area contributed by atoms with Gasteiger partial charge in [0.15, 0.2) is 23.1 Å². The van der Waals surface area contributed by atoms with Crippen molar-refractivity contribution in [1.82, 2.24) is 19.9 Å². The van der Waals surface area contributed by atoms with Crippen LogP contribution in [0.15, 0.2) is 60.9 Å². The first kappa shape index (κ1) is 33.3. The fourth-order valence-electron chi connectivity index (χ4n) is 5.29. The molecule has 2 heterocycles. The number of hydrogen-bond donors (Lipinski definition) is 6. The monoisotopic (exact) mass is 668 g/mol. The molecule has 0 aliphatic heterocycles. The van der Waals surface area contributed by atoms with Gasteiger partial charge in [-0.1, -0.05) is 23.2 Å². The summed E-state index contributed by atoms with van der Waals surface area (Å²) in [4.78, 5) is 16.5. The van der Waals surface area contributed by atoms with Crippen LogP contribution in [-0.4, -0.2) is 54.4 Å². The molecule has 0 spiro atoms. The quantitative estimate of drug-likeness (QED) is 0.121. The molecular weight excluding hydrogens is 631 g/mol. The molecule has 0 unspecified atom stereocenters. The summed E-state index contributed by atoms with van der Waals surface area (Å²) in [6.07, 6.45) is 9.43. The first-order chi connectivity index (χ1) is 22.2. The average Bonchev–Trinajstić information content (AvgIpc) is 3.03. The normalized spacial score (nSPS) is 21.0. The summed E-state index contributed by atoms with van der Waals surface area (Å²) in [5.74, 6) is 3.73. The molecule has 2 fully saturated rings. The summed E-state index contributed by atoms with van der Waals surface area (Å²) in [5.41, 5.74) is 11.4. The highest BCUT2D eigenvalue weighted by molar-refractivity contribution is 6.30. The topological polar surface area (TPSA) is 187 Å². The van der Waals surface area contributed by atoms with Crippen LogP contribution in [-0.2, 0) is 0 Å². The summed E-state index contributed by atoms with van der Waals surface area (Å²) in [7, 11) is 0. The molecule has 244 valence electrons. The lowest BCUT2D eigenvalue weighted by Crippen LogP contribution is -2.30. The first-order valence-electron chi connectivity index (χ1n) is 15.2. The Morgan fingerprint density at radius 3 is 1.59 bits per heavy atom. The largest absolute Gasteiger partial charge is 0.452 e. The van der Waals surface area contributed by atoms with Crippen LogP contribution in [0.3, 0.4) is 0 Å². The number of aromatic nitrogens is 4. The second-order valence-corrected chi connectivity index (χ2v) is 12.2. The molecule has 46 heavy (non-hydrogen) atoms. The van der Waals surface area contributed by atoms with Crippen LogP contribution in [0.1, 0.15) is 51.4 Å². The van der Waals surface area contributed by atoms with Gasteiger partial charge in [-0.2, -0.15) is 9.97 Å². The minimum Gasteiger partial charge on any atom is -0.452 e. The first-order valence-corrected chi connectivity index (χ1v) is 16.0. The van der Waals surface area contributed by atoms with E-state index in [4.69, 9.17) is 44.1 Å². The maximum atomic E-state index is 9.80. The van der Waals surface area contributed by atoms with Crippen LogP contribution < -0.4 is 31.6 Å². The van der Waals surface area contributed by atoms with E-state index in [1.807, 2.05) is 0 Å². The molecule has 2 aromatic heterocycles. The van der Waals surface area contributed by atoms with Crippen molar-refractivity contribution >= 4 is 46.7 Å². The molecule has 2 aliphatic carbocycles. The molecule has 2 aromatic carbocycles. The van der Waals surface area contributed by atoms with Gasteiger partial charge < -0.3 is 41.8 Å². The lowest BCUT2D eigenvalue weighted by atomic mass is 9.93. The highest BCUT2D eigenvalue weighted by Gasteiger charge is 2.23. The van der Waals surface area contributed by atoms with E-state index in [9.17, 15) is 10.2 Å². The zero-order valence-corrected chi connectivity index (χ0v) is 26.7. The fraction of sp³-hybridized carbons (Fsp3) is 0.375. The van der Waals surface area contributed by atoms with Crippen molar-refractivity contribution in [2.24, 2.45) is 0 Å². The molecule has 2 aliphatic rings. The Hall–Kier alpha value is -4.10. The molecule has 14 heteroatoms. The predicted molar refractivity (Wildman–Crippen MR) is 180 cm³/mol. The van der Waals surface area contributed by atoms with E-state index in [0.717, 1.165) is 44.9 Å². The number of anilines is 4. The Kier molecular flexibility index (Phi) is 11.5. The molecule has 0 radical (unpaired) electrons. The van der Waals surface area contributed by atoms with E-state index in [2.05, 4.69) is 30.6 Å². The van der Waals surface area contributed by atoms with E-state index >= 15 is 0 Å². The molecule has 0 amide bonds. The predicted octanol–water partition coefficient (Wildman–Crippen LogP) is 6.44. The lowest BCUT2D eigenvalue weighted by Gasteiger charge is -2.27. The Balaban J connectivity index is 0.000000181.